The summed E-state index contributed by atoms with van der Waals surface area (Å²) in [6.07, 6.45) is 0.908. The SMILES string of the molecule is CC(C)Cc1nnc2n1CCN(C(=O)c1ccc(Cl)c(Br)c1)C2. The average molecular weight is 398 g/mol. The van der Waals surface area contributed by atoms with Crippen LogP contribution in [0.25, 0.3) is 0 Å². The summed E-state index contributed by atoms with van der Waals surface area (Å²) < 4.78 is 2.87. The van der Waals surface area contributed by atoms with Crippen LogP contribution in [0.3, 0.4) is 0 Å². The van der Waals surface area contributed by atoms with Gasteiger partial charge in [0.2, 0.25) is 0 Å². The number of amides is 1. The lowest BCUT2D eigenvalue weighted by Gasteiger charge is -2.28. The minimum Gasteiger partial charge on any atom is -0.329 e. The van der Waals surface area contributed by atoms with E-state index in [9.17, 15) is 4.79 Å². The molecule has 0 aliphatic carbocycles. The second kappa shape index (κ2) is 6.61. The highest BCUT2D eigenvalue weighted by atomic mass is 79.9. The van der Waals surface area contributed by atoms with Crippen molar-refractivity contribution in [1.29, 1.82) is 0 Å². The summed E-state index contributed by atoms with van der Waals surface area (Å²) in [6.45, 7) is 6.22. The van der Waals surface area contributed by atoms with Crippen LogP contribution >= 0.6 is 27.5 Å². The van der Waals surface area contributed by atoms with Gasteiger partial charge in [0.1, 0.15) is 5.82 Å². The predicted octanol–water partition coefficient (Wildman–Crippen LogP) is 3.55. The Balaban J connectivity index is 1.77. The molecule has 0 spiro atoms. The molecule has 1 aliphatic rings. The molecule has 122 valence electrons. The van der Waals surface area contributed by atoms with Crippen LogP contribution in [0, 0.1) is 5.92 Å². The van der Waals surface area contributed by atoms with Gasteiger partial charge in [0.25, 0.3) is 5.91 Å². The molecule has 1 amide bonds. The first-order valence-electron chi connectivity index (χ1n) is 7.61. The zero-order chi connectivity index (χ0) is 16.6. The third-order valence-corrected chi connectivity index (χ3v) is 5.09. The molecule has 23 heavy (non-hydrogen) atoms. The number of halogens is 2. The average Bonchev–Trinajstić information content (AvgIpc) is 2.91. The van der Waals surface area contributed by atoms with Crippen LogP contribution in [0.5, 0.6) is 0 Å². The van der Waals surface area contributed by atoms with Crippen molar-refractivity contribution in [2.45, 2.75) is 33.4 Å². The zero-order valence-corrected chi connectivity index (χ0v) is 15.4. The van der Waals surface area contributed by atoms with E-state index in [-0.39, 0.29) is 5.91 Å². The summed E-state index contributed by atoms with van der Waals surface area (Å²) in [7, 11) is 0. The highest BCUT2D eigenvalue weighted by Crippen LogP contribution is 2.25. The molecule has 0 N–H and O–H groups in total. The zero-order valence-electron chi connectivity index (χ0n) is 13.1. The van der Waals surface area contributed by atoms with Crippen molar-refractivity contribution in [3.63, 3.8) is 0 Å². The van der Waals surface area contributed by atoms with Gasteiger partial charge in [0.05, 0.1) is 11.6 Å². The van der Waals surface area contributed by atoms with Crippen LogP contribution < -0.4 is 0 Å². The number of hydrogen-bond donors (Lipinski definition) is 0. The molecular weight excluding hydrogens is 380 g/mol. The first-order chi connectivity index (χ1) is 11.0. The van der Waals surface area contributed by atoms with E-state index < -0.39 is 0 Å². The van der Waals surface area contributed by atoms with Crippen molar-refractivity contribution in [3.05, 3.63) is 44.9 Å². The Morgan fingerprint density at radius 3 is 2.83 bits per heavy atom. The molecule has 0 unspecified atom stereocenters. The van der Waals surface area contributed by atoms with Crippen molar-refractivity contribution in [2.24, 2.45) is 5.92 Å². The van der Waals surface area contributed by atoms with Crippen LogP contribution in [0.2, 0.25) is 5.02 Å². The van der Waals surface area contributed by atoms with Crippen LogP contribution in [-0.2, 0) is 19.5 Å². The normalized spacial score (nSPS) is 14.2. The number of fused-ring (bicyclic) bond motifs is 1. The maximum absolute atomic E-state index is 12.7. The quantitative estimate of drug-likeness (QED) is 0.796. The monoisotopic (exact) mass is 396 g/mol. The van der Waals surface area contributed by atoms with Crippen LogP contribution in [0.15, 0.2) is 22.7 Å². The lowest BCUT2D eigenvalue weighted by Crippen LogP contribution is -2.38. The third-order valence-electron chi connectivity index (χ3n) is 3.87. The number of carbonyl (C=O) groups excluding carboxylic acids is 1. The van der Waals surface area contributed by atoms with Crippen LogP contribution in [0.1, 0.15) is 35.9 Å². The van der Waals surface area contributed by atoms with Crippen molar-refractivity contribution >= 4 is 33.4 Å². The van der Waals surface area contributed by atoms with Gasteiger partial charge in [-0.1, -0.05) is 25.4 Å². The summed E-state index contributed by atoms with van der Waals surface area (Å²) in [6, 6.07) is 5.24. The molecule has 1 aliphatic heterocycles. The fourth-order valence-electron chi connectivity index (χ4n) is 2.72. The number of aromatic nitrogens is 3. The molecule has 0 radical (unpaired) electrons. The Morgan fingerprint density at radius 1 is 1.35 bits per heavy atom. The molecule has 3 rings (SSSR count). The topological polar surface area (TPSA) is 51.0 Å². The number of benzene rings is 1. The maximum Gasteiger partial charge on any atom is 0.254 e. The summed E-state index contributed by atoms with van der Waals surface area (Å²) in [5.74, 6) is 2.39. The van der Waals surface area contributed by atoms with Crippen molar-refractivity contribution in [1.82, 2.24) is 19.7 Å². The van der Waals surface area contributed by atoms with E-state index >= 15 is 0 Å². The molecule has 0 fully saturated rings. The summed E-state index contributed by atoms with van der Waals surface area (Å²) in [4.78, 5) is 14.5. The molecule has 0 saturated carbocycles. The molecule has 0 saturated heterocycles. The number of nitrogens with zero attached hydrogens (tertiary/aromatic N) is 4. The summed E-state index contributed by atoms with van der Waals surface area (Å²) in [5, 5.41) is 9.13. The van der Waals surface area contributed by atoms with E-state index in [0.29, 0.717) is 29.6 Å². The molecular formula is C16H18BrClN4O. The molecule has 0 atom stereocenters. The van der Waals surface area contributed by atoms with E-state index in [0.717, 1.165) is 29.1 Å². The molecule has 1 aromatic carbocycles. The first kappa shape index (κ1) is 16.5. The molecule has 2 heterocycles. The third kappa shape index (κ3) is 3.43. The predicted molar refractivity (Wildman–Crippen MR) is 92.5 cm³/mol. The van der Waals surface area contributed by atoms with Crippen molar-refractivity contribution in [2.75, 3.05) is 6.54 Å². The van der Waals surface area contributed by atoms with Gasteiger partial charge < -0.3 is 9.47 Å². The van der Waals surface area contributed by atoms with Crippen LogP contribution in [0.4, 0.5) is 0 Å². The van der Waals surface area contributed by atoms with E-state index in [1.807, 2.05) is 0 Å². The van der Waals surface area contributed by atoms with E-state index in [4.69, 9.17) is 11.6 Å². The molecule has 5 nitrogen and oxygen atoms in total. The summed E-state index contributed by atoms with van der Waals surface area (Å²) in [5.41, 5.74) is 0.622. The van der Waals surface area contributed by atoms with Crippen LogP contribution in [-0.4, -0.2) is 32.1 Å². The Hall–Kier alpha value is -1.40. The van der Waals surface area contributed by atoms with Gasteiger partial charge in [-0.15, -0.1) is 10.2 Å². The first-order valence-corrected chi connectivity index (χ1v) is 8.78. The second-order valence-corrected chi connectivity index (χ2v) is 7.40. The number of carbonyl (C=O) groups is 1. The molecule has 7 heteroatoms. The Morgan fingerprint density at radius 2 is 2.13 bits per heavy atom. The van der Waals surface area contributed by atoms with E-state index in [1.54, 1.807) is 23.1 Å². The van der Waals surface area contributed by atoms with Gasteiger partial charge in [-0.2, -0.15) is 0 Å². The van der Waals surface area contributed by atoms with Gasteiger partial charge in [0, 0.05) is 29.5 Å². The lowest BCUT2D eigenvalue weighted by atomic mass is 10.1. The Bertz CT molecular complexity index is 744. The number of hydrogen-bond acceptors (Lipinski definition) is 3. The summed E-state index contributed by atoms with van der Waals surface area (Å²) >= 11 is 9.35. The minimum atomic E-state index is -0.0120. The van der Waals surface area contributed by atoms with Crippen molar-refractivity contribution in [3.8, 4) is 0 Å². The Kier molecular flexibility index (Phi) is 4.73. The standard InChI is InChI=1S/C16H18BrClN4O/c1-10(2)7-14-19-20-15-9-21(5-6-22(14)15)16(23)11-3-4-13(18)12(17)8-11/h3-4,8,10H,5-7,9H2,1-2H3. The Labute approximate surface area is 148 Å². The van der Waals surface area contributed by atoms with Gasteiger partial charge in [-0.05, 0) is 40.0 Å². The largest absolute Gasteiger partial charge is 0.329 e. The highest BCUT2D eigenvalue weighted by molar-refractivity contribution is 9.10. The van der Waals surface area contributed by atoms with E-state index in [1.165, 1.54) is 0 Å². The highest BCUT2D eigenvalue weighted by Gasteiger charge is 2.25. The molecule has 1 aromatic heterocycles. The minimum absolute atomic E-state index is 0.0120. The van der Waals surface area contributed by atoms with E-state index in [2.05, 4.69) is 44.5 Å². The number of rotatable bonds is 3. The second-order valence-electron chi connectivity index (χ2n) is 6.14. The van der Waals surface area contributed by atoms with Gasteiger partial charge in [-0.25, -0.2) is 0 Å². The maximum atomic E-state index is 12.7. The smallest absolute Gasteiger partial charge is 0.254 e. The molecule has 0 bridgehead atoms. The molecule has 2 aromatic rings. The van der Waals surface area contributed by atoms with Gasteiger partial charge >= 0.3 is 0 Å². The fourth-order valence-corrected chi connectivity index (χ4v) is 3.22. The fraction of sp³-hybridized carbons (Fsp3) is 0.438. The van der Waals surface area contributed by atoms with Gasteiger partial charge in [0.15, 0.2) is 5.82 Å². The lowest BCUT2D eigenvalue weighted by molar-refractivity contribution is 0.0706. The van der Waals surface area contributed by atoms with Gasteiger partial charge in [-0.3, -0.25) is 4.79 Å². The van der Waals surface area contributed by atoms with Crippen molar-refractivity contribution < 1.29 is 4.79 Å².